The molecule has 0 bridgehead atoms. The molecule has 2 aromatic rings. The maximum Gasteiger partial charge on any atom is 0.213 e. The van der Waals surface area contributed by atoms with Crippen LogP contribution in [0, 0.1) is 13.8 Å². The van der Waals surface area contributed by atoms with Crippen LogP contribution in [0.5, 0.6) is 0 Å². The summed E-state index contributed by atoms with van der Waals surface area (Å²) in [6.45, 7) is 4.37. The summed E-state index contributed by atoms with van der Waals surface area (Å²) in [7, 11) is 0. The Morgan fingerprint density at radius 1 is 1.41 bits per heavy atom. The van der Waals surface area contributed by atoms with E-state index in [0.717, 1.165) is 21.6 Å². The van der Waals surface area contributed by atoms with E-state index in [1.54, 1.807) is 0 Å². The predicted molar refractivity (Wildman–Crippen MR) is 72.5 cm³/mol. The van der Waals surface area contributed by atoms with Crippen LogP contribution in [0.4, 0.5) is 5.69 Å². The fourth-order valence-electron chi connectivity index (χ4n) is 1.43. The van der Waals surface area contributed by atoms with Gasteiger partial charge in [-0.05, 0) is 41.9 Å². The Morgan fingerprint density at radius 3 is 2.82 bits per heavy atom. The lowest BCUT2D eigenvalue weighted by molar-refractivity contribution is 0.478. The van der Waals surface area contributed by atoms with Crippen molar-refractivity contribution in [2.45, 2.75) is 20.4 Å². The number of anilines is 1. The van der Waals surface area contributed by atoms with Gasteiger partial charge in [-0.2, -0.15) is 0 Å². The van der Waals surface area contributed by atoms with Crippen molar-refractivity contribution in [3.05, 3.63) is 45.0 Å². The van der Waals surface area contributed by atoms with Gasteiger partial charge < -0.3 is 9.73 Å². The molecular formula is C12H12BrClN2O. The average Bonchev–Trinajstić information content (AvgIpc) is 2.61. The smallest absolute Gasteiger partial charge is 0.213 e. The number of hydrogen-bond acceptors (Lipinski definition) is 3. The Balaban J connectivity index is 2.10. The molecule has 0 spiro atoms. The maximum absolute atomic E-state index is 6.00. The Hall–Kier alpha value is -1.000. The first-order valence-corrected chi connectivity index (χ1v) is 6.36. The Labute approximate surface area is 113 Å². The molecule has 5 heteroatoms. The van der Waals surface area contributed by atoms with Crippen LogP contribution in [-0.4, -0.2) is 4.98 Å². The average molecular weight is 316 g/mol. The zero-order valence-corrected chi connectivity index (χ0v) is 11.9. The third-order valence-corrected chi connectivity index (χ3v) is 3.85. The van der Waals surface area contributed by atoms with E-state index in [2.05, 4.69) is 26.2 Å². The lowest BCUT2D eigenvalue weighted by atomic mass is 10.3. The predicted octanol–water partition coefficient (Wildman–Crippen LogP) is 4.32. The first kappa shape index (κ1) is 12.5. The summed E-state index contributed by atoms with van der Waals surface area (Å²) in [5.74, 6) is 1.53. The van der Waals surface area contributed by atoms with Crippen molar-refractivity contribution in [2.75, 3.05) is 5.32 Å². The first-order chi connectivity index (χ1) is 8.08. The lowest BCUT2D eigenvalue weighted by Gasteiger charge is -2.07. The SMILES string of the molecule is Cc1nc(CNc2cccc(Cl)c2Br)oc1C. The fraction of sp³-hybridized carbons (Fsp3) is 0.250. The van der Waals surface area contributed by atoms with Gasteiger partial charge in [0.2, 0.25) is 5.89 Å². The molecule has 1 aromatic heterocycles. The number of oxazole rings is 1. The lowest BCUT2D eigenvalue weighted by Crippen LogP contribution is -2.00. The van der Waals surface area contributed by atoms with Crippen molar-refractivity contribution >= 4 is 33.2 Å². The first-order valence-electron chi connectivity index (χ1n) is 5.18. The molecule has 1 N–H and O–H groups in total. The molecule has 0 saturated heterocycles. The number of hydrogen-bond donors (Lipinski definition) is 1. The van der Waals surface area contributed by atoms with E-state index in [9.17, 15) is 0 Å². The molecule has 17 heavy (non-hydrogen) atoms. The zero-order valence-electron chi connectivity index (χ0n) is 9.55. The highest BCUT2D eigenvalue weighted by atomic mass is 79.9. The Bertz CT molecular complexity index is 520. The summed E-state index contributed by atoms with van der Waals surface area (Å²) in [5.41, 5.74) is 1.85. The fourth-order valence-corrected chi connectivity index (χ4v) is 2.00. The molecule has 0 saturated carbocycles. The molecule has 1 heterocycles. The molecule has 3 nitrogen and oxygen atoms in total. The zero-order chi connectivity index (χ0) is 12.4. The molecule has 0 aliphatic heterocycles. The van der Waals surface area contributed by atoms with Gasteiger partial charge in [0.05, 0.1) is 27.4 Å². The van der Waals surface area contributed by atoms with Gasteiger partial charge in [0, 0.05) is 0 Å². The summed E-state index contributed by atoms with van der Waals surface area (Å²) >= 11 is 9.43. The third kappa shape index (κ3) is 2.82. The van der Waals surface area contributed by atoms with E-state index in [4.69, 9.17) is 16.0 Å². The number of halogens is 2. The van der Waals surface area contributed by atoms with E-state index >= 15 is 0 Å². The van der Waals surface area contributed by atoms with Gasteiger partial charge in [0.25, 0.3) is 0 Å². The second kappa shape index (κ2) is 5.10. The topological polar surface area (TPSA) is 38.1 Å². The van der Waals surface area contributed by atoms with E-state index in [-0.39, 0.29) is 0 Å². The molecular weight excluding hydrogens is 304 g/mol. The van der Waals surface area contributed by atoms with E-state index in [1.165, 1.54) is 0 Å². The van der Waals surface area contributed by atoms with Crippen molar-refractivity contribution in [3.8, 4) is 0 Å². The second-order valence-electron chi connectivity index (χ2n) is 3.70. The van der Waals surface area contributed by atoms with Gasteiger partial charge in [-0.1, -0.05) is 17.7 Å². The normalized spacial score (nSPS) is 10.6. The number of rotatable bonds is 3. The van der Waals surface area contributed by atoms with Crippen LogP contribution >= 0.6 is 27.5 Å². The second-order valence-corrected chi connectivity index (χ2v) is 4.90. The van der Waals surface area contributed by atoms with Gasteiger partial charge in [-0.3, -0.25) is 0 Å². The Morgan fingerprint density at radius 2 is 2.18 bits per heavy atom. The van der Waals surface area contributed by atoms with Crippen molar-refractivity contribution in [3.63, 3.8) is 0 Å². The summed E-state index contributed by atoms with van der Waals surface area (Å²) < 4.78 is 6.33. The summed E-state index contributed by atoms with van der Waals surface area (Å²) in [4.78, 5) is 4.30. The number of nitrogens with one attached hydrogen (secondary N) is 1. The minimum Gasteiger partial charge on any atom is -0.444 e. The summed E-state index contributed by atoms with van der Waals surface area (Å²) in [5, 5.41) is 3.90. The van der Waals surface area contributed by atoms with Crippen molar-refractivity contribution in [1.82, 2.24) is 4.98 Å². The highest BCUT2D eigenvalue weighted by Crippen LogP contribution is 2.30. The van der Waals surface area contributed by atoms with Crippen molar-refractivity contribution in [1.29, 1.82) is 0 Å². The van der Waals surface area contributed by atoms with Crippen molar-refractivity contribution in [2.24, 2.45) is 0 Å². The van der Waals surface area contributed by atoms with Crippen molar-refractivity contribution < 1.29 is 4.42 Å². The number of nitrogens with zero attached hydrogens (tertiary/aromatic N) is 1. The van der Waals surface area contributed by atoms with Crippen LogP contribution in [0.1, 0.15) is 17.3 Å². The van der Waals surface area contributed by atoms with Crippen LogP contribution in [0.25, 0.3) is 0 Å². The number of aryl methyl sites for hydroxylation is 2. The molecule has 0 amide bonds. The maximum atomic E-state index is 6.00. The van der Waals surface area contributed by atoms with Gasteiger partial charge in [-0.25, -0.2) is 4.98 Å². The summed E-state index contributed by atoms with van der Waals surface area (Å²) in [6, 6.07) is 5.66. The third-order valence-electron chi connectivity index (χ3n) is 2.45. The molecule has 0 aliphatic carbocycles. The quantitative estimate of drug-likeness (QED) is 0.916. The van der Waals surface area contributed by atoms with Gasteiger partial charge in [-0.15, -0.1) is 0 Å². The van der Waals surface area contributed by atoms with Gasteiger partial charge in [0.1, 0.15) is 5.76 Å². The minimum atomic E-state index is 0.535. The van der Waals surface area contributed by atoms with Crippen LogP contribution < -0.4 is 5.32 Å². The standard InChI is InChI=1S/C12H12BrClN2O/c1-7-8(2)17-11(16-7)6-15-10-5-3-4-9(14)12(10)13/h3-5,15H,6H2,1-2H3. The molecule has 0 atom stereocenters. The highest BCUT2D eigenvalue weighted by molar-refractivity contribution is 9.10. The monoisotopic (exact) mass is 314 g/mol. The Kier molecular flexibility index (Phi) is 3.74. The molecule has 90 valence electrons. The van der Waals surface area contributed by atoms with Gasteiger partial charge >= 0.3 is 0 Å². The molecule has 0 unspecified atom stereocenters. The largest absolute Gasteiger partial charge is 0.444 e. The van der Waals surface area contributed by atoms with Crippen LogP contribution in [0.3, 0.4) is 0 Å². The minimum absolute atomic E-state index is 0.535. The molecule has 0 aliphatic rings. The highest BCUT2D eigenvalue weighted by Gasteiger charge is 2.07. The molecule has 0 radical (unpaired) electrons. The molecule has 2 rings (SSSR count). The van der Waals surface area contributed by atoms with E-state index in [0.29, 0.717) is 17.5 Å². The molecule has 0 fully saturated rings. The van der Waals surface area contributed by atoms with E-state index < -0.39 is 0 Å². The van der Waals surface area contributed by atoms with Crippen LogP contribution in [-0.2, 0) is 6.54 Å². The van der Waals surface area contributed by atoms with E-state index in [1.807, 2.05) is 32.0 Å². The number of benzene rings is 1. The molecule has 1 aromatic carbocycles. The number of aromatic nitrogens is 1. The van der Waals surface area contributed by atoms with Gasteiger partial charge in [0.15, 0.2) is 0 Å². The summed E-state index contributed by atoms with van der Waals surface area (Å²) in [6.07, 6.45) is 0. The van der Waals surface area contributed by atoms with Crippen LogP contribution in [0.2, 0.25) is 5.02 Å². The van der Waals surface area contributed by atoms with Crippen LogP contribution in [0.15, 0.2) is 27.1 Å².